The fraction of sp³-hybridized carbons (Fsp3) is 0.300. The summed E-state index contributed by atoms with van der Waals surface area (Å²) in [5.74, 6) is 0.867. The number of anilines is 1. The van der Waals surface area contributed by atoms with Gasteiger partial charge in [-0.05, 0) is 38.5 Å². The highest BCUT2D eigenvalue weighted by Crippen LogP contribution is 2.41. The van der Waals surface area contributed by atoms with Crippen molar-refractivity contribution in [1.29, 1.82) is 0 Å². The number of carbonyl (C=O) groups excluding carboxylic acids is 1. The number of rotatable bonds is 2. The van der Waals surface area contributed by atoms with E-state index in [2.05, 4.69) is 20.8 Å². The average molecular weight is 350 g/mol. The van der Waals surface area contributed by atoms with Gasteiger partial charge < -0.3 is 15.4 Å². The van der Waals surface area contributed by atoms with Gasteiger partial charge in [-0.2, -0.15) is 5.10 Å². The van der Waals surface area contributed by atoms with Crippen LogP contribution in [0.4, 0.5) is 10.5 Å². The van der Waals surface area contributed by atoms with Crippen LogP contribution in [0.3, 0.4) is 0 Å². The Balaban J connectivity index is 1.58. The van der Waals surface area contributed by atoms with Crippen molar-refractivity contribution in [2.45, 2.75) is 38.8 Å². The SMILES string of the molecule is Cc1cccc2c1OC(C)(C)CC2NC(=O)Nc1cccc2[nH]ncc12. The van der Waals surface area contributed by atoms with Crippen LogP contribution in [-0.2, 0) is 0 Å². The number of hydrogen-bond acceptors (Lipinski definition) is 3. The van der Waals surface area contributed by atoms with Gasteiger partial charge in [0.1, 0.15) is 11.4 Å². The van der Waals surface area contributed by atoms with Crippen molar-refractivity contribution >= 4 is 22.6 Å². The van der Waals surface area contributed by atoms with Crippen LogP contribution in [0.25, 0.3) is 10.9 Å². The number of nitrogens with one attached hydrogen (secondary N) is 3. The van der Waals surface area contributed by atoms with Gasteiger partial charge in [0.05, 0.1) is 23.4 Å². The van der Waals surface area contributed by atoms with Crippen molar-refractivity contribution in [2.75, 3.05) is 5.32 Å². The summed E-state index contributed by atoms with van der Waals surface area (Å²) in [6, 6.07) is 11.3. The van der Waals surface area contributed by atoms with Crippen molar-refractivity contribution in [3.05, 3.63) is 53.7 Å². The summed E-state index contributed by atoms with van der Waals surface area (Å²) >= 11 is 0. The molecule has 26 heavy (non-hydrogen) atoms. The van der Waals surface area contributed by atoms with Crippen molar-refractivity contribution in [1.82, 2.24) is 15.5 Å². The lowest BCUT2D eigenvalue weighted by molar-refractivity contribution is 0.0673. The molecule has 1 aromatic heterocycles. The van der Waals surface area contributed by atoms with E-state index in [1.54, 1.807) is 6.20 Å². The molecule has 1 unspecified atom stereocenters. The topological polar surface area (TPSA) is 79.0 Å². The number of aromatic amines is 1. The maximum atomic E-state index is 12.7. The van der Waals surface area contributed by atoms with Gasteiger partial charge >= 0.3 is 6.03 Å². The van der Waals surface area contributed by atoms with Crippen LogP contribution in [-0.4, -0.2) is 21.8 Å². The Kier molecular flexibility index (Phi) is 3.83. The number of nitrogens with zero attached hydrogens (tertiary/aromatic N) is 1. The van der Waals surface area contributed by atoms with E-state index in [0.717, 1.165) is 33.5 Å². The quantitative estimate of drug-likeness (QED) is 0.645. The third-order valence-corrected chi connectivity index (χ3v) is 4.73. The predicted molar refractivity (Wildman–Crippen MR) is 101 cm³/mol. The lowest BCUT2D eigenvalue weighted by Gasteiger charge is -2.38. The third kappa shape index (κ3) is 2.98. The summed E-state index contributed by atoms with van der Waals surface area (Å²) in [6.07, 6.45) is 2.41. The lowest BCUT2D eigenvalue weighted by atomic mass is 9.88. The molecule has 3 aromatic rings. The molecule has 0 saturated heterocycles. The Morgan fingerprint density at radius 1 is 1.27 bits per heavy atom. The van der Waals surface area contributed by atoms with Crippen LogP contribution in [0, 0.1) is 6.92 Å². The van der Waals surface area contributed by atoms with Gasteiger partial charge in [0.15, 0.2) is 0 Å². The highest BCUT2D eigenvalue weighted by atomic mass is 16.5. The van der Waals surface area contributed by atoms with Crippen molar-refractivity contribution in [2.24, 2.45) is 0 Å². The first kappa shape index (κ1) is 16.4. The maximum absolute atomic E-state index is 12.7. The van der Waals surface area contributed by atoms with Gasteiger partial charge in [-0.15, -0.1) is 0 Å². The van der Waals surface area contributed by atoms with Crippen molar-refractivity contribution in [3.8, 4) is 5.75 Å². The Morgan fingerprint density at radius 3 is 2.92 bits per heavy atom. The molecule has 2 aromatic carbocycles. The lowest BCUT2D eigenvalue weighted by Crippen LogP contribution is -2.42. The predicted octanol–water partition coefficient (Wildman–Crippen LogP) is 4.30. The number of carbonyl (C=O) groups is 1. The van der Waals surface area contributed by atoms with E-state index < -0.39 is 0 Å². The highest BCUT2D eigenvalue weighted by molar-refractivity contribution is 6.00. The Bertz CT molecular complexity index is 977. The third-order valence-electron chi connectivity index (χ3n) is 4.73. The number of hydrogen-bond donors (Lipinski definition) is 3. The summed E-state index contributed by atoms with van der Waals surface area (Å²) in [4.78, 5) is 12.7. The number of amides is 2. The molecule has 2 heterocycles. The number of H-pyrrole nitrogens is 1. The first-order valence-electron chi connectivity index (χ1n) is 8.71. The number of aryl methyl sites for hydroxylation is 1. The molecular formula is C20H22N4O2. The molecule has 0 fully saturated rings. The van der Waals surface area contributed by atoms with Gasteiger partial charge in [-0.3, -0.25) is 5.10 Å². The van der Waals surface area contributed by atoms with Gasteiger partial charge in [0.2, 0.25) is 0 Å². The van der Waals surface area contributed by atoms with E-state index in [0.29, 0.717) is 6.42 Å². The molecule has 0 aliphatic carbocycles. The zero-order valence-electron chi connectivity index (χ0n) is 15.1. The molecule has 0 spiro atoms. The Hall–Kier alpha value is -3.02. The standard InChI is InChI=1S/C20H22N4O2/c1-12-6-4-7-13-17(10-20(2,3)26-18(12)13)23-19(25)22-15-8-5-9-16-14(15)11-21-24-16/h4-9,11,17H,10H2,1-3H3,(H,21,24)(H2,22,23,25). The second-order valence-corrected chi connectivity index (χ2v) is 7.35. The van der Waals surface area contributed by atoms with Crippen LogP contribution >= 0.6 is 0 Å². The molecule has 1 aliphatic rings. The second-order valence-electron chi connectivity index (χ2n) is 7.35. The van der Waals surface area contributed by atoms with E-state index in [4.69, 9.17) is 4.74 Å². The molecule has 6 heteroatoms. The molecule has 2 amide bonds. The molecule has 0 bridgehead atoms. The van der Waals surface area contributed by atoms with Crippen molar-refractivity contribution < 1.29 is 9.53 Å². The number of aromatic nitrogens is 2. The van der Waals surface area contributed by atoms with E-state index >= 15 is 0 Å². The molecule has 6 nitrogen and oxygen atoms in total. The Morgan fingerprint density at radius 2 is 2.08 bits per heavy atom. The molecule has 4 rings (SSSR count). The Labute approximate surface area is 151 Å². The minimum Gasteiger partial charge on any atom is -0.487 e. The molecule has 0 saturated carbocycles. The monoisotopic (exact) mass is 350 g/mol. The number of ether oxygens (including phenoxy) is 1. The molecule has 0 radical (unpaired) electrons. The zero-order chi connectivity index (χ0) is 18.3. The average Bonchev–Trinajstić information content (AvgIpc) is 3.05. The van der Waals surface area contributed by atoms with E-state index in [9.17, 15) is 4.79 Å². The van der Waals surface area contributed by atoms with Gasteiger partial charge in [0, 0.05) is 17.4 Å². The molecular weight excluding hydrogens is 328 g/mol. The smallest absolute Gasteiger partial charge is 0.319 e. The molecule has 134 valence electrons. The van der Waals surface area contributed by atoms with E-state index in [1.165, 1.54) is 0 Å². The number of benzene rings is 2. The summed E-state index contributed by atoms with van der Waals surface area (Å²) in [5, 5.41) is 13.9. The molecule has 1 aliphatic heterocycles. The minimum atomic E-state index is -0.346. The first-order chi connectivity index (χ1) is 12.4. The van der Waals surface area contributed by atoms with Gasteiger partial charge in [-0.25, -0.2) is 4.79 Å². The van der Waals surface area contributed by atoms with Gasteiger partial charge in [-0.1, -0.05) is 24.3 Å². The highest BCUT2D eigenvalue weighted by Gasteiger charge is 2.35. The summed E-state index contributed by atoms with van der Waals surface area (Å²) < 4.78 is 6.14. The van der Waals surface area contributed by atoms with Crippen molar-refractivity contribution in [3.63, 3.8) is 0 Å². The summed E-state index contributed by atoms with van der Waals surface area (Å²) in [6.45, 7) is 6.11. The normalized spacial score (nSPS) is 18.0. The number of para-hydroxylation sites is 1. The fourth-order valence-electron chi connectivity index (χ4n) is 3.53. The van der Waals surface area contributed by atoms with E-state index in [-0.39, 0.29) is 17.7 Å². The van der Waals surface area contributed by atoms with Crippen LogP contribution in [0.1, 0.15) is 37.4 Å². The van der Waals surface area contributed by atoms with Crippen LogP contribution < -0.4 is 15.4 Å². The van der Waals surface area contributed by atoms with Crippen LogP contribution in [0.5, 0.6) is 5.75 Å². The van der Waals surface area contributed by atoms with Crippen LogP contribution in [0.2, 0.25) is 0 Å². The number of urea groups is 1. The maximum Gasteiger partial charge on any atom is 0.319 e. The first-order valence-corrected chi connectivity index (χ1v) is 8.71. The fourth-order valence-corrected chi connectivity index (χ4v) is 3.53. The molecule has 3 N–H and O–H groups in total. The summed E-state index contributed by atoms with van der Waals surface area (Å²) in [5.41, 5.74) is 3.36. The number of fused-ring (bicyclic) bond motifs is 2. The largest absolute Gasteiger partial charge is 0.487 e. The molecule has 1 atom stereocenters. The second kappa shape index (κ2) is 6.05. The van der Waals surface area contributed by atoms with Gasteiger partial charge in [0.25, 0.3) is 0 Å². The zero-order valence-corrected chi connectivity index (χ0v) is 15.1. The summed E-state index contributed by atoms with van der Waals surface area (Å²) in [7, 11) is 0. The minimum absolute atomic E-state index is 0.114. The van der Waals surface area contributed by atoms with E-state index in [1.807, 2.05) is 57.2 Å². The van der Waals surface area contributed by atoms with Crippen LogP contribution in [0.15, 0.2) is 42.6 Å².